The Hall–Kier alpha value is -2.90. The molecule has 0 bridgehead atoms. The summed E-state index contributed by atoms with van der Waals surface area (Å²) in [5, 5.41) is 0. The molecule has 0 radical (unpaired) electrons. The van der Waals surface area contributed by atoms with Gasteiger partial charge in [-0.3, -0.25) is 19.3 Å². The van der Waals surface area contributed by atoms with Crippen molar-refractivity contribution < 1.29 is 28.7 Å². The lowest BCUT2D eigenvalue weighted by molar-refractivity contribution is -0.157. The maximum atomic E-state index is 14.0. The minimum atomic E-state index is -1.35. The fourth-order valence-electron chi connectivity index (χ4n) is 5.85. The lowest BCUT2D eigenvalue weighted by atomic mass is 9.74. The molecule has 1 aliphatic carbocycles. The van der Waals surface area contributed by atoms with E-state index in [1.54, 1.807) is 36.1 Å². The van der Waals surface area contributed by atoms with Crippen LogP contribution in [0.5, 0.6) is 5.75 Å². The van der Waals surface area contributed by atoms with Crippen LogP contribution in [-0.4, -0.2) is 65.8 Å². The highest BCUT2D eigenvalue weighted by atomic mass is 16.5. The van der Waals surface area contributed by atoms with Gasteiger partial charge in [0.25, 0.3) is 0 Å². The third kappa shape index (κ3) is 4.30. The van der Waals surface area contributed by atoms with Gasteiger partial charge in [0.2, 0.25) is 17.7 Å². The highest BCUT2D eigenvalue weighted by Gasteiger charge is 2.57. The van der Waals surface area contributed by atoms with Gasteiger partial charge in [0.1, 0.15) is 11.8 Å². The van der Waals surface area contributed by atoms with Crippen molar-refractivity contribution in [2.24, 2.45) is 0 Å². The van der Waals surface area contributed by atoms with Gasteiger partial charge in [0.15, 0.2) is 0 Å². The Morgan fingerprint density at radius 2 is 1.76 bits per heavy atom. The van der Waals surface area contributed by atoms with E-state index in [4.69, 9.17) is 9.47 Å². The van der Waals surface area contributed by atoms with Crippen LogP contribution in [-0.2, 0) is 29.3 Å². The third-order valence-electron chi connectivity index (χ3n) is 7.50. The van der Waals surface area contributed by atoms with E-state index >= 15 is 0 Å². The molecule has 2 heterocycles. The minimum absolute atomic E-state index is 0.0770. The topological polar surface area (TPSA) is 93.2 Å². The molecule has 34 heavy (non-hydrogen) atoms. The van der Waals surface area contributed by atoms with E-state index in [9.17, 15) is 19.2 Å². The first-order chi connectivity index (χ1) is 16.4. The molecule has 8 heteroatoms. The van der Waals surface area contributed by atoms with E-state index in [0.717, 1.165) is 38.5 Å². The Balaban J connectivity index is 1.71. The number of hydrogen-bond acceptors (Lipinski definition) is 6. The molecule has 3 aliphatic rings. The summed E-state index contributed by atoms with van der Waals surface area (Å²) in [6, 6.07) is 6.34. The van der Waals surface area contributed by atoms with E-state index < -0.39 is 17.4 Å². The van der Waals surface area contributed by atoms with E-state index in [-0.39, 0.29) is 43.2 Å². The zero-order valence-corrected chi connectivity index (χ0v) is 20.1. The number of methoxy groups -OCH3 is 1. The predicted octanol–water partition coefficient (Wildman–Crippen LogP) is 2.97. The molecule has 8 nitrogen and oxygen atoms in total. The van der Waals surface area contributed by atoms with Crippen molar-refractivity contribution in [2.45, 2.75) is 82.2 Å². The van der Waals surface area contributed by atoms with E-state index in [2.05, 4.69) is 0 Å². The summed E-state index contributed by atoms with van der Waals surface area (Å²) in [7, 11) is 1.52. The van der Waals surface area contributed by atoms with Crippen molar-refractivity contribution in [3.05, 3.63) is 29.8 Å². The van der Waals surface area contributed by atoms with Gasteiger partial charge in [-0.15, -0.1) is 0 Å². The molecule has 0 unspecified atom stereocenters. The number of benzene rings is 1. The number of carbonyl (C=O) groups is 4. The first-order valence-corrected chi connectivity index (χ1v) is 12.4. The zero-order valence-electron chi connectivity index (χ0n) is 20.1. The first-order valence-electron chi connectivity index (χ1n) is 12.4. The maximum Gasteiger partial charge on any atom is 0.328 e. The number of likely N-dealkylation sites (tertiary alicyclic amines) is 2. The fourth-order valence-corrected chi connectivity index (χ4v) is 5.85. The van der Waals surface area contributed by atoms with Crippen LogP contribution in [0.2, 0.25) is 0 Å². The zero-order chi connectivity index (χ0) is 24.3. The molecule has 3 amide bonds. The lowest BCUT2D eigenvalue weighted by Crippen LogP contribution is -2.51. The lowest BCUT2D eigenvalue weighted by Gasteiger charge is -2.37. The number of para-hydroxylation sites is 1. The Kier molecular flexibility index (Phi) is 7.24. The molecule has 1 saturated carbocycles. The van der Waals surface area contributed by atoms with Crippen molar-refractivity contribution in [1.82, 2.24) is 9.80 Å². The predicted molar refractivity (Wildman–Crippen MR) is 124 cm³/mol. The number of imide groups is 1. The van der Waals surface area contributed by atoms with Crippen LogP contribution in [0.25, 0.3) is 0 Å². The van der Waals surface area contributed by atoms with E-state index in [0.29, 0.717) is 24.3 Å². The number of rotatable bonds is 7. The normalized spacial score (nSPS) is 25.6. The molecule has 3 fully saturated rings. The Morgan fingerprint density at radius 1 is 1.06 bits per heavy atom. The van der Waals surface area contributed by atoms with Crippen LogP contribution in [0.15, 0.2) is 24.3 Å². The molecule has 4 rings (SSSR count). The van der Waals surface area contributed by atoms with E-state index in [1.807, 2.05) is 0 Å². The van der Waals surface area contributed by atoms with Gasteiger partial charge in [0.05, 0.1) is 19.1 Å². The van der Waals surface area contributed by atoms with Crippen LogP contribution < -0.4 is 4.74 Å². The van der Waals surface area contributed by atoms with Crippen molar-refractivity contribution >= 4 is 23.7 Å². The molecule has 184 valence electrons. The second-order valence-electron chi connectivity index (χ2n) is 9.49. The molecule has 0 N–H and O–H groups in total. The minimum Gasteiger partial charge on any atom is -0.496 e. The summed E-state index contributed by atoms with van der Waals surface area (Å²) >= 11 is 0. The number of hydrogen-bond donors (Lipinski definition) is 0. The van der Waals surface area contributed by atoms with Crippen LogP contribution in [0.3, 0.4) is 0 Å². The molecule has 2 atom stereocenters. The second kappa shape index (κ2) is 10.2. The number of ether oxygens (including phenoxy) is 2. The van der Waals surface area contributed by atoms with Crippen molar-refractivity contribution in [2.75, 3.05) is 20.3 Å². The number of nitrogens with zero attached hydrogens (tertiary/aromatic N) is 2. The first kappa shape index (κ1) is 24.2. The Bertz CT molecular complexity index is 956. The van der Waals surface area contributed by atoms with Gasteiger partial charge in [-0.25, -0.2) is 4.79 Å². The van der Waals surface area contributed by atoms with E-state index in [1.165, 1.54) is 12.0 Å². The molecule has 1 aromatic rings. The van der Waals surface area contributed by atoms with Crippen molar-refractivity contribution in [3.8, 4) is 5.75 Å². The summed E-state index contributed by atoms with van der Waals surface area (Å²) in [5.41, 5.74) is -0.797. The maximum absolute atomic E-state index is 14.0. The largest absolute Gasteiger partial charge is 0.496 e. The smallest absolute Gasteiger partial charge is 0.328 e. The monoisotopic (exact) mass is 470 g/mol. The fraction of sp³-hybridized carbons (Fsp3) is 0.615. The molecular weight excluding hydrogens is 436 g/mol. The summed E-state index contributed by atoms with van der Waals surface area (Å²) < 4.78 is 10.8. The Morgan fingerprint density at radius 3 is 2.47 bits per heavy atom. The number of esters is 1. The summed E-state index contributed by atoms with van der Waals surface area (Å²) in [5.74, 6) is -0.810. The van der Waals surface area contributed by atoms with Crippen LogP contribution in [0.4, 0.5) is 0 Å². The second-order valence-corrected chi connectivity index (χ2v) is 9.49. The summed E-state index contributed by atoms with van der Waals surface area (Å²) in [6.45, 7) is 2.41. The molecule has 0 aromatic heterocycles. The van der Waals surface area contributed by atoms with Crippen molar-refractivity contribution in [1.29, 1.82) is 0 Å². The average Bonchev–Trinajstić information content (AvgIpc) is 3.45. The standard InChI is InChI=1S/C26H34N2O6/c1-3-34-24(31)20-13-8-9-15-27(20)22(29)16-26(19-12-6-7-14-21(19)33-2)17-23(30)28(25(26)32)18-10-4-5-11-18/h6-7,12,14,18,20H,3-5,8-11,13,15-17H2,1-2H3/t20-,26+/m0/s1. The number of carbonyl (C=O) groups excluding carboxylic acids is 4. The molecule has 2 saturated heterocycles. The van der Waals surface area contributed by atoms with Gasteiger partial charge in [-0.1, -0.05) is 31.0 Å². The van der Waals surface area contributed by atoms with Crippen molar-refractivity contribution in [3.63, 3.8) is 0 Å². The summed E-state index contributed by atoms with van der Waals surface area (Å²) in [4.78, 5) is 56.5. The van der Waals surface area contributed by atoms with Crippen LogP contribution >= 0.6 is 0 Å². The highest BCUT2D eigenvalue weighted by molar-refractivity contribution is 6.11. The van der Waals surface area contributed by atoms with Gasteiger partial charge < -0.3 is 14.4 Å². The third-order valence-corrected chi connectivity index (χ3v) is 7.50. The average molecular weight is 471 g/mol. The van der Waals surface area contributed by atoms with Crippen LogP contribution in [0.1, 0.15) is 70.3 Å². The van der Waals surface area contributed by atoms with Gasteiger partial charge in [-0.05, 0) is 45.1 Å². The number of piperidine rings is 1. The molecule has 0 spiro atoms. The SMILES string of the molecule is CCOC(=O)[C@@H]1CCCCN1C(=O)C[C@]1(c2ccccc2OC)CC(=O)N(C2CCCC2)C1=O. The molecule has 2 aliphatic heterocycles. The van der Waals surface area contributed by atoms with Gasteiger partial charge >= 0.3 is 5.97 Å². The van der Waals surface area contributed by atoms with Gasteiger partial charge in [-0.2, -0.15) is 0 Å². The number of amides is 3. The molecular formula is C26H34N2O6. The molecule has 1 aromatic carbocycles. The highest BCUT2D eigenvalue weighted by Crippen LogP contribution is 2.46. The summed E-state index contributed by atoms with van der Waals surface area (Å²) in [6.07, 6.45) is 5.45. The van der Waals surface area contributed by atoms with Crippen LogP contribution in [0, 0.1) is 0 Å². The van der Waals surface area contributed by atoms with Gasteiger partial charge in [0, 0.05) is 31.0 Å². The Labute approximate surface area is 200 Å². The quantitative estimate of drug-likeness (QED) is 0.449.